The van der Waals surface area contributed by atoms with E-state index in [2.05, 4.69) is 17.3 Å². The number of hydrogen-bond acceptors (Lipinski definition) is 3. The molecule has 1 saturated heterocycles. The third-order valence-electron chi connectivity index (χ3n) is 3.08. The number of nitrogens with one attached hydrogen (secondary N) is 1. The third-order valence-corrected chi connectivity index (χ3v) is 3.08. The van der Waals surface area contributed by atoms with Crippen molar-refractivity contribution in [2.45, 2.75) is 37.8 Å². The standard InChI is InChI=1S/C10H20N2O2/c1-11-9(10(13)14)7-8-5-3-4-6-12(8)2/h8-9,11H,3-7H2,1-2H3,(H,13,14). The number of nitrogens with zero attached hydrogens (tertiary/aromatic N) is 1. The van der Waals surface area contributed by atoms with Gasteiger partial charge in [-0.05, 0) is 39.9 Å². The lowest BCUT2D eigenvalue weighted by Gasteiger charge is -2.33. The van der Waals surface area contributed by atoms with Crippen LogP contribution in [0.2, 0.25) is 0 Å². The molecule has 0 aliphatic carbocycles. The van der Waals surface area contributed by atoms with Crippen molar-refractivity contribution in [3.8, 4) is 0 Å². The van der Waals surface area contributed by atoms with Gasteiger partial charge in [-0.3, -0.25) is 4.79 Å². The second kappa shape index (κ2) is 5.32. The van der Waals surface area contributed by atoms with Crippen LogP contribution in [0.3, 0.4) is 0 Å². The van der Waals surface area contributed by atoms with Gasteiger partial charge in [0.05, 0.1) is 0 Å². The lowest BCUT2D eigenvalue weighted by Crippen LogP contribution is -2.44. The van der Waals surface area contributed by atoms with Gasteiger partial charge in [0.25, 0.3) is 0 Å². The molecule has 0 aromatic rings. The van der Waals surface area contributed by atoms with Crippen LogP contribution in [0.1, 0.15) is 25.7 Å². The lowest BCUT2D eigenvalue weighted by atomic mass is 9.96. The zero-order chi connectivity index (χ0) is 10.6. The normalized spacial score (nSPS) is 26.0. The third kappa shape index (κ3) is 2.96. The molecule has 0 saturated carbocycles. The second-order valence-electron chi connectivity index (χ2n) is 4.05. The molecule has 0 bridgehead atoms. The molecule has 0 radical (unpaired) electrons. The Morgan fingerprint density at radius 2 is 2.36 bits per heavy atom. The number of aliphatic carboxylic acids is 1. The van der Waals surface area contributed by atoms with E-state index in [4.69, 9.17) is 5.11 Å². The predicted octanol–water partition coefficient (Wildman–Crippen LogP) is 0.533. The summed E-state index contributed by atoms with van der Waals surface area (Å²) in [5.41, 5.74) is 0. The number of piperidine rings is 1. The first-order valence-corrected chi connectivity index (χ1v) is 5.25. The maximum absolute atomic E-state index is 10.8. The Morgan fingerprint density at radius 1 is 1.64 bits per heavy atom. The average Bonchev–Trinajstić information content (AvgIpc) is 2.16. The highest BCUT2D eigenvalue weighted by Crippen LogP contribution is 2.18. The molecule has 0 amide bonds. The highest BCUT2D eigenvalue weighted by molar-refractivity contribution is 5.73. The number of carboxylic acid groups (broad SMARTS) is 1. The molecule has 0 spiro atoms. The molecule has 1 aliphatic heterocycles. The molecule has 0 aromatic heterocycles. The van der Waals surface area contributed by atoms with Gasteiger partial charge in [-0.25, -0.2) is 0 Å². The van der Waals surface area contributed by atoms with Crippen molar-refractivity contribution < 1.29 is 9.90 Å². The van der Waals surface area contributed by atoms with Crippen molar-refractivity contribution in [1.29, 1.82) is 0 Å². The lowest BCUT2D eigenvalue weighted by molar-refractivity contribution is -0.139. The Balaban J connectivity index is 2.43. The topological polar surface area (TPSA) is 52.6 Å². The van der Waals surface area contributed by atoms with Gasteiger partial charge in [0.1, 0.15) is 6.04 Å². The summed E-state index contributed by atoms with van der Waals surface area (Å²) >= 11 is 0. The maximum Gasteiger partial charge on any atom is 0.320 e. The van der Waals surface area contributed by atoms with E-state index in [-0.39, 0.29) is 0 Å². The number of likely N-dealkylation sites (tertiary alicyclic amines) is 1. The van der Waals surface area contributed by atoms with E-state index in [9.17, 15) is 4.79 Å². The molecule has 4 nitrogen and oxygen atoms in total. The number of likely N-dealkylation sites (N-methyl/N-ethyl adjacent to an activating group) is 1. The molecule has 1 rings (SSSR count). The summed E-state index contributed by atoms with van der Waals surface area (Å²) in [5.74, 6) is -0.744. The number of hydrogen-bond donors (Lipinski definition) is 2. The van der Waals surface area contributed by atoms with Crippen molar-refractivity contribution in [3.63, 3.8) is 0 Å². The van der Waals surface area contributed by atoms with Crippen LogP contribution in [-0.2, 0) is 4.79 Å². The van der Waals surface area contributed by atoms with E-state index in [1.165, 1.54) is 12.8 Å². The minimum Gasteiger partial charge on any atom is -0.480 e. The first-order valence-electron chi connectivity index (χ1n) is 5.25. The number of carboxylic acids is 1. The van der Waals surface area contributed by atoms with Crippen molar-refractivity contribution in [2.75, 3.05) is 20.6 Å². The summed E-state index contributed by atoms with van der Waals surface area (Å²) in [4.78, 5) is 13.1. The molecule has 2 unspecified atom stereocenters. The van der Waals surface area contributed by atoms with Crippen LogP contribution in [0.15, 0.2) is 0 Å². The number of rotatable bonds is 4. The van der Waals surface area contributed by atoms with E-state index in [1.807, 2.05) is 0 Å². The van der Waals surface area contributed by atoms with Crippen LogP contribution in [0, 0.1) is 0 Å². The summed E-state index contributed by atoms with van der Waals surface area (Å²) < 4.78 is 0. The van der Waals surface area contributed by atoms with Crippen molar-refractivity contribution >= 4 is 5.97 Å². The predicted molar refractivity (Wildman–Crippen MR) is 55.4 cm³/mol. The molecule has 1 heterocycles. The second-order valence-corrected chi connectivity index (χ2v) is 4.05. The van der Waals surface area contributed by atoms with E-state index < -0.39 is 12.0 Å². The maximum atomic E-state index is 10.8. The van der Waals surface area contributed by atoms with Crippen LogP contribution in [-0.4, -0.2) is 48.7 Å². The summed E-state index contributed by atoms with van der Waals surface area (Å²) in [6.07, 6.45) is 4.31. The molecule has 2 atom stereocenters. The molecule has 82 valence electrons. The molecule has 1 aliphatic rings. The molecule has 4 heteroatoms. The van der Waals surface area contributed by atoms with Crippen molar-refractivity contribution in [1.82, 2.24) is 10.2 Å². The first kappa shape index (κ1) is 11.5. The van der Waals surface area contributed by atoms with Crippen LogP contribution in [0.4, 0.5) is 0 Å². The van der Waals surface area contributed by atoms with Crippen LogP contribution >= 0.6 is 0 Å². The molecular weight excluding hydrogens is 180 g/mol. The number of carbonyl (C=O) groups is 1. The highest BCUT2D eigenvalue weighted by Gasteiger charge is 2.25. The van der Waals surface area contributed by atoms with Gasteiger partial charge < -0.3 is 15.3 Å². The molecule has 2 N–H and O–H groups in total. The molecule has 0 aromatic carbocycles. The Labute approximate surface area is 85.3 Å². The van der Waals surface area contributed by atoms with Crippen molar-refractivity contribution in [2.24, 2.45) is 0 Å². The zero-order valence-electron chi connectivity index (χ0n) is 8.99. The Kier molecular flexibility index (Phi) is 4.35. The van der Waals surface area contributed by atoms with Crippen LogP contribution in [0.5, 0.6) is 0 Å². The monoisotopic (exact) mass is 200 g/mol. The van der Waals surface area contributed by atoms with Crippen LogP contribution in [0.25, 0.3) is 0 Å². The van der Waals surface area contributed by atoms with Gasteiger partial charge in [-0.2, -0.15) is 0 Å². The summed E-state index contributed by atoms with van der Waals surface area (Å²) in [7, 11) is 3.79. The zero-order valence-corrected chi connectivity index (χ0v) is 8.99. The Bertz CT molecular complexity index is 197. The van der Waals surface area contributed by atoms with Gasteiger partial charge in [0.15, 0.2) is 0 Å². The Hall–Kier alpha value is -0.610. The van der Waals surface area contributed by atoms with E-state index in [0.29, 0.717) is 12.5 Å². The average molecular weight is 200 g/mol. The van der Waals surface area contributed by atoms with E-state index >= 15 is 0 Å². The molecule has 14 heavy (non-hydrogen) atoms. The van der Waals surface area contributed by atoms with Crippen LogP contribution < -0.4 is 5.32 Å². The quantitative estimate of drug-likeness (QED) is 0.695. The van der Waals surface area contributed by atoms with Gasteiger partial charge in [-0.15, -0.1) is 0 Å². The molecular formula is C10H20N2O2. The van der Waals surface area contributed by atoms with E-state index in [1.54, 1.807) is 7.05 Å². The minimum absolute atomic E-state index is 0.402. The Morgan fingerprint density at radius 3 is 2.86 bits per heavy atom. The summed E-state index contributed by atoms with van der Waals surface area (Å²) in [6.45, 7) is 1.10. The first-order chi connectivity index (χ1) is 6.65. The highest BCUT2D eigenvalue weighted by atomic mass is 16.4. The fourth-order valence-electron chi connectivity index (χ4n) is 2.06. The van der Waals surface area contributed by atoms with Crippen molar-refractivity contribution in [3.05, 3.63) is 0 Å². The fourth-order valence-corrected chi connectivity index (χ4v) is 2.06. The summed E-state index contributed by atoms with van der Waals surface area (Å²) in [6, 6.07) is 0.0258. The van der Waals surface area contributed by atoms with E-state index in [0.717, 1.165) is 13.0 Å². The van der Waals surface area contributed by atoms with Gasteiger partial charge in [0, 0.05) is 6.04 Å². The van der Waals surface area contributed by atoms with Gasteiger partial charge in [-0.1, -0.05) is 6.42 Å². The minimum atomic E-state index is -0.744. The van der Waals surface area contributed by atoms with Gasteiger partial charge >= 0.3 is 5.97 Å². The van der Waals surface area contributed by atoms with Gasteiger partial charge in [0.2, 0.25) is 0 Å². The fraction of sp³-hybridized carbons (Fsp3) is 0.900. The molecule has 1 fully saturated rings. The smallest absolute Gasteiger partial charge is 0.320 e. The summed E-state index contributed by atoms with van der Waals surface area (Å²) in [5, 5.41) is 11.8. The largest absolute Gasteiger partial charge is 0.480 e. The SMILES string of the molecule is CNC(CC1CCCCN1C)C(=O)O.